The van der Waals surface area contributed by atoms with Crippen molar-refractivity contribution in [1.82, 2.24) is 4.90 Å². The van der Waals surface area contributed by atoms with Crippen LogP contribution in [-0.2, 0) is 6.54 Å². The zero-order valence-corrected chi connectivity index (χ0v) is 11.2. The van der Waals surface area contributed by atoms with E-state index >= 15 is 0 Å². The molecule has 0 aliphatic rings. The van der Waals surface area contributed by atoms with Crippen LogP contribution in [0.3, 0.4) is 0 Å². The molecule has 2 N–H and O–H groups in total. The Balaban J connectivity index is 2.55. The van der Waals surface area contributed by atoms with Gasteiger partial charge in [0.05, 0.1) is 6.10 Å². The lowest BCUT2D eigenvalue weighted by molar-refractivity contribution is 0.162. The summed E-state index contributed by atoms with van der Waals surface area (Å²) in [5.74, 6) is 0.312. The molecule has 0 saturated carbocycles. The summed E-state index contributed by atoms with van der Waals surface area (Å²) in [7, 11) is 1.97. The van der Waals surface area contributed by atoms with Gasteiger partial charge in [0.15, 0.2) is 0 Å². The molecule has 0 aliphatic heterocycles. The van der Waals surface area contributed by atoms with Crippen LogP contribution in [0, 0.1) is 0 Å². The molecule has 1 rings (SSSR count). The summed E-state index contributed by atoms with van der Waals surface area (Å²) in [6.07, 6.45) is 0.462. The van der Waals surface area contributed by atoms with Crippen molar-refractivity contribution in [3.63, 3.8) is 0 Å². The number of benzene rings is 1. The van der Waals surface area contributed by atoms with Gasteiger partial charge in [0.2, 0.25) is 0 Å². The number of hydrogen-bond acceptors (Lipinski definition) is 3. The largest absolute Gasteiger partial charge is 0.508 e. The van der Waals surface area contributed by atoms with Crippen LogP contribution in [0.4, 0.5) is 0 Å². The number of hydrogen-bond donors (Lipinski definition) is 2. The van der Waals surface area contributed by atoms with Crippen molar-refractivity contribution < 1.29 is 10.2 Å². The number of aliphatic hydroxyl groups excluding tert-OH is 1. The van der Waals surface area contributed by atoms with Crippen molar-refractivity contribution in [3.8, 4) is 5.75 Å². The van der Waals surface area contributed by atoms with Gasteiger partial charge in [0, 0.05) is 23.1 Å². The highest BCUT2D eigenvalue weighted by atomic mass is 79.9. The van der Waals surface area contributed by atoms with Gasteiger partial charge in [0.25, 0.3) is 0 Å². The second kappa shape index (κ2) is 6.23. The summed E-state index contributed by atoms with van der Waals surface area (Å²) in [5, 5.41) is 18.8. The van der Waals surface area contributed by atoms with Crippen LogP contribution in [0.1, 0.15) is 18.9 Å². The first kappa shape index (κ1) is 13.5. The Hall–Kier alpha value is -0.580. The number of phenolic OH excluding ortho intramolecular Hbond substituents is 1. The Labute approximate surface area is 105 Å². The van der Waals surface area contributed by atoms with E-state index in [0.29, 0.717) is 12.3 Å². The average molecular weight is 288 g/mol. The lowest BCUT2D eigenvalue weighted by Gasteiger charge is -2.18. The number of nitrogens with zero attached hydrogens (tertiary/aromatic N) is 1. The zero-order chi connectivity index (χ0) is 12.1. The van der Waals surface area contributed by atoms with Crippen LogP contribution in [-0.4, -0.2) is 34.8 Å². The highest BCUT2D eigenvalue weighted by Crippen LogP contribution is 2.22. The van der Waals surface area contributed by atoms with Crippen LogP contribution in [0.25, 0.3) is 0 Å². The summed E-state index contributed by atoms with van der Waals surface area (Å²) in [5.41, 5.74) is 0.891. The van der Waals surface area contributed by atoms with Gasteiger partial charge in [0.1, 0.15) is 5.75 Å². The third-order valence-electron chi connectivity index (χ3n) is 2.41. The van der Waals surface area contributed by atoms with Crippen molar-refractivity contribution in [2.24, 2.45) is 0 Å². The molecule has 0 aliphatic carbocycles. The second-order valence-electron chi connectivity index (χ2n) is 4.15. The molecule has 0 heterocycles. The van der Waals surface area contributed by atoms with Gasteiger partial charge in [-0.15, -0.1) is 0 Å². The van der Waals surface area contributed by atoms with Crippen LogP contribution in [0.15, 0.2) is 22.7 Å². The molecular formula is C12H18BrNO2. The number of aromatic hydroxyl groups is 1. The van der Waals surface area contributed by atoms with Gasteiger partial charge in [-0.2, -0.15) is 0 Å². The van der Waals surface area contributed by atoms with Crippen molar-refractivity contribution in [3.05, 3.63) is 28.2 Å². The Morgan fingerprint density at radius 1 is 1.44 bits per heavy atom. The highest BCUT2D eigenvalue weighted by Gasteiger charge is 2.06. The summed E-state index contributed by atoms with van der Waals surface area (Å²) < 4.78 is 0.962. The zero-order valence-electron chi connectivity index (χ0n) is 9.65. The van der Waals surface area contributed by atoms with Gasteiger partial charge >= 0.3 is 0 Å². The van der Waals surface area contributed by atoms with Crippen molar-refractivity contribution in [2.45, 2.75) is 26.0 Å². The Morgan fingerprint density at radius 2 is 2.12 bits per heavy atom. The van der Waals surface area contributed by atoms with E-state index < -0.39 is 0 Å². The highest BCUT2D eigenvalue weighted by molar-refractivity contribution is 9.10. The van der Waals surface area contributed by atoms with E-state index in [1.165, 1.54) is 0 Å². The molecule has 0 fully saturated rings. The van der Waals surface area contributed by atoms with Gasteiger partial charge in [-0.25, -0.2) is 0 Å². The molecule has 16 heavy (non-hydrogen) atoms. The topological polar surface area (TPSA) is 43.7 Å². The third kappa shape index (κ3) is 4.51. The molecule has 0 radical (unpaired) electrons. The first-order chi connectivity index (χ1) is 7.49. The summed E-state index contributed by atoms with van der Waals surface area (Å²) in [6, 6.07) is 5.41. The molecule has 90 valence electrons. The smallest absolute Gasteiger partial charge is 0.120 e. The third-order valence-corrected chi connectivity index (χ3v) is 2.90. The number of halogens is 1. The predicted octanol–water partition coefficient (Wildman–Crippen LogP) is 2.36. The first-order valence-electron chi connectivity index (χ1n) is 5.33. The van der Waals surface area contributed by atoms with E-state index in [1.54, 1.807) is 13.0 Å². The molecule has 1 aromatic rings. The molecule has 3 nitrogen and oxygen atoms in total. The van der Waals surface area contributed by atoms with Crippen molar-refractivity contribution >= 4 is 15.9 Å². The number of phenols is 1. The molecule has 0 bridgehead atoms. The van der Waals surface area contributed by atoms with Crippen LogP contribution in [0.5, 0.6) is 5.75 Å². The quantitative estimate of drug-likeness (QED) is 0.874. The minimum absolute atomic E-state index is 0.279. The fourth-order valence-electron chi connectivity index (χ4n) is 1.46. The van der Waals surface area contributed by atoms with Gasteiger partial charge in [-0.1, -0.05) is 15.9 Å². The van der Waals surface area contributed by atoms with E-state index in [2.05, 4.69) is 20.8 Å². The fraction of sp³-hybridized carbons (Fsp3) is 0.500. The van der Waals surface area contributed by atoms with Gasteiger partial charge in [-0.3, -0.25) is 0 Å². The van der Waals surface area contributed by atoms with Gasteiger partial charge < -0.3 is 15.1 Å². The monoisotopic (exact) mass is 287 g/mol. The van der Waals surface area contributed by atoms with Crippen LogP contribution >= 0.6 is 15.9 Å². The summed E-state index contributed by atoms with van der Waals surface area (Å²) in [6.45, 7) is 3.27. The minimum atomic E-state index is -0.279. The van der Waals surface area contributed by atoms with E-state index in [9.17, 15) is 10.2 Å². The molecule has 0 amide bonds. The average Bonchev–Trinajstić information content (AvgIpc) is 2.20. The van der Waals surface area contributed by atoms with E-state index in [-0.39, 0.29) is 6.10 Å². The maximum Gasteiger partial charge on any atom is 0.120 e. The Morgan fingerprint density at radius 3 is 2.75 bits per heavy atom. The number of rotatable bonds is 5. The van der Waals surface area contributed by atoms with E-state index in [1.807, 2.05) is 19.2 Å². The summed E-state index contributed by atoms with van der Waals surface area (Å²) >= 11 is 3.38. The first-order valence-corrected chi connectivity index (χ1v) is 6.12. The van der Waals surface area contributed by atoms with Gasteiger partial charge in [-0.05, 0) is 38.6 Å². The second-order valence-corrected chi connectivity index (χ2v) is 5.06. The van der Waals surface area contributed by atoms with Crippen molar-refractivity contribution in [1.29, 1.82) is 0 Å². The lowest BCUT2D eigenvalue weighted by Crippen LogP contribution is -2.22. The van der Waals surface area contributed by atoms with Crippen LogP contribution in [0.2, 0.25) is 0 Å². The van der Waals surface area contributed by atoms with E-state index in [4.69, 9.17) is 0 Å². The molecular weight excluding hydrogens is 270 g/mol. The van der Waals surface area contributed by atoms with Crippen LogP contribution < -0.4 is 0 Å². The van der Waals surface area contributed by atoms with Crippen molar-refractivity contribution in [2.75, 3.05) is 13.6 Å². The lowest BCUT2D eigenvalue weighted by atomic mass is 10.2. The molecule has 0 aromatic heterocycles. The standard InChI is InChI=1S/C12H18BrNO2/c1-9(15)5-6-14(2)8-10-7-11(13)3-4-12(10)16/h3-4,7,9,15-16H,5-6,8H2,1-2H3. The normalized spacial score (nSPS) is 13.1. The molecule has 1 unspecified atom stereocenters. The fourth-order valence-corrected chi connectivity index (χ4v) is 1.87. The van der Waals surface area contributed by atoms with E-state index in [0.717, 1.165) is 23.0 Å². The molecule has 4 heteroatoms. The predicted molar refractivity (Wildman–Crippen MR) is 68.4 cm³/mol. The minimum Gasteiger partial charge on any atom is -0.508 e. The molecule has 1 aromatic carbocycles. The molecule has 1 atom stereocenters. The Kier molecular flexibility index (Phi) is 5.25. The summed E-state index contributed by atoms with van der Waals surface area (Å²) in [4.78, 5) is 2.08. The maximum atomic E-state index is 9.66. The SMILES string of the molecule is CC(O)CCN(C)Cc1cc(Br)ccc1O. The molecule has 0 saturated heterocycles. The Bertz CT molecular complexity index is 342. The maximum absolute atomic E-state index is 9.66. The molecule has 0 spiro atoms. The number of aliphatic hydroxyl groups is 1.